The molecule has 0 bridgehead atoms. The van der Waals surface area contributed by atoms with Crippen molar-refractivity contribution in [1.29, 1.82) is 0 Å². The second-order valence-corrected chi connectivity index (χ2v) is 12.6. The van der Waals surface area contributed by atoms with Crippen LogP contribution in [0.15, 0.2) is 119 Å². The summed E-state index contributed by atoms with van der Waals surface area (Å²) in [4.78, 5) is 28.4. The van der Waals surface area contributed by atoms with Crippen LogP contribution in [0.3, 0.4) is 0 Å². The Bertz CT molecular complexity index is 1760. The fourth-order valence-electron chi connectivity index (χ4n) is 5.54. The van der Waals surface area contributed by atoms with E-state index in [2.05, 4.69) is 5.32 Å². The van der Waals surface area contributed by atoms with Gasteiger partial charge in [0.15, 0.2) is 12.1 Å². The molecule has 6 rings (SSSR count). The van der Waals surface area contributed by atoms with Crippen LogP contribution in [0.5, 0.6) is 0 Å². The van der Waals surface area contributed by atoms with Crippen molar-refractivity contribution in [3.63, 3.8) is 0 Å². The SMILES string of the molecule is O=C(CCCC(=O)Nc1ccc(C2OC(CSc3nc(-c4ccccc4)c(-c4ccccc4)o3)CC(c3ccc(CO)cc3)O2)cc1)NO. The highest BCUT2D eigenvalue weighted by atomic mass is 32.2. The molecule has 1 aliphatic rings. The minimum atomic E-state index is -0.673. The second kappa shape index (κ2) is 16.6. The summed E-state index contributed by atoms with van der Waals surface area (Å²) in [6, 6.07) is 34.9. The number of oxazole rings is 1. The topological polar surface area (TPSA) is 143 Å². The van der Waals surface area contributed by atoms with Gasteiger partial charge in [0.1, 0.15) is 5.69 Å². The van der Waals surface area contributed by atoms with Crippen LogP contribution in [0.4, 0.5) is 5.69 Å². The van der Waals surface area contributed by atoms with Gasteiger partial charge in [0.25, 0.3) is 5.22 Å². The highest BCUT2D eigenvalue weighted by Crippen LogP contribution is 2.41. The lowest BCUT2D eigenvalue weighted by Gasteiger charge is -2.36. The summed E-state index contributed by atoms with van der Waals surface area (Å²) in [7, 11) is 0. The number of hydrogen-bond donors (Lipinski definition) is 4. The van der Waals surface area contributed by atoms with E-state index < -0.39 is 12.2 Å². The van der Waals surface area contributed by atoms with Crippen LogP contribution in [0.25, 0.3) is 22.6 Å². The number of hydrogen-bond acceptors (Lipinski definition) is 9. The Morgan fingerprint density at radius 1 is 0.796 bits per heavy atom. The first-order valence-corrected chi connectivity index (χ1v) is 17.1. The molecule has 5 aromatic rings. The molecule has 0 aliphatic carbocycles. The average molecular weight is 680 g/mol. The van der Waals surface area contributed by atoms with Gasteiger partial charge in [-0.3, -0.25) is 14.8 Å². The summed E-state index contributed by atoms with van der Waals surface area (Å²) in [5.41, 5.74) is 7.46. The number of rotatable bonds is 13. The van der Waals surface area contributed by atoms with E-state index in [0.29, 0.717) is 35.3 Å². The van der Waals surface area contributed by atoms with E-state index >= 15 is 0 Å². The Hall–Kier alpha value is -4.78. The third-order valence-electron chi connectivity index (χ3n) is 8.10. The quantitative estimate of drug-likeness (QED) is 0.0567. The predicted octanol–water partition coefficient (Wildman–Crippen LogP) is 7.45. The van der Waals surface area contributed by atoms with Crippen LogP contribution in [0, 0.1) is 0 Å². The smallest absolute Gasteiger partial charge is 0.256 e. The third kappa shape index (κ3) is 9.02. The molecule has 0 radical (unpaired) electrons. The maximum Gasteiger partial charge on any atom is 0.256 e. The molecular formula is C38H37N3O7S. The summed E-state index contributed by atoms with van der Waals surface area (Å²) in [6.07, 6.45) is -0.0405. The Morgan fingerprint density at radius 3 is 2.12 bits per heavy atom. The van der Waals surface area contributed by atoms with Crippen molar-refractivity contribution < 1.29 is 33.8 Å². The highest BCUT2D eigenvalue weighted by Gasteiger charge is 2.33. The fraction of sp³-hybridized carbons (Fsp3) is 0.237. The number of amides is 2. The molecular weight excluding hydrogens is 642 g/mol. The molecule has 1 aromatic heterocycles. The number of nitrogens with zero attached hydrogens (tertiary/aromatic N) is 1. The molecule has 10 nitrogen and oxygen atoms in total. The normalized spacial score (nSPS) is 17.4. The molecule has 11 heteroatoms. The zero-order chi connectivity index (χ0) is 34.0. The van der Waals surface area contributed by atoms with E-state index in [-0.39, 0.29) is 37.6 Å². The van der Waals surface area contributed by atoms with Gasteiger partial charge in [0.05, 0.1) is 18.8 Å². The fourth-order valence-corrected chi connectivity index (χ4v) is 6.38. The molecule has 1 saturated heterocycles. The van der Waals surface area contributed by atoms with E-state index in [4.69, 9.17) is 24.1 Å². The van der Waals surface area contributed by atoms with Crippen molar-refractivity contribution in [2.24, 2.45) is 0 Å². The number of aliphatic hydroxyl groups excluding tert-OH is 1. The second-order valence-electron chi connectivity index (χ2n) is 11.6. The number of anilines is 1. The van der Waals surface area contributed by atoms with Gasteiger partial charge in [-0.25, -0.2) is 10.5 Å². The first-order valence-electron chi connectivity index (χ1n) is 16.1. The maximum atomic E-state index is 12.3. The Labute approximate surface area is 288 Å². The third-order valence-corrected chi connectivity index (χ3v) is 9.06. The lowest BCUT2D eigenvalue weighted by Crippen LogP contribution is -2.31. The van der Waals surface area contributed by atoms with Gasteiger partial charge in [0, 0.05) is 47.4 Å². The highest BCUT2D eigenvalue weighted by molar-refractivity contribution is 7.99. The van der Waals surface area contributed by atoms with Gasteiger partial charge in [-0.15, -0.1) is 0 Å². The Morgan fingerprint density at radius 2 is 1.45 bits per heavy atom. The summed E-state index contributed by atoms with van der Waals surface area (Å²) in [5.74, 6) is 0.517. The summed E-state index contributed by atoms with van der Waals surface area (Å²) >= 11 is 1.49. The molecule has 0 saturated carbocycles. The van der Waals surface area contributed by atoms with Crippen molar-refractivity contribution in [2.75, 3.05) is 11.1 Å². The molecule has 0 spiro atoms. The maximum absolute atomic E-state index is 12.3. The zero-order valence-electron chi connectivity index (χ0n) is 26.7. The average Bonchev–Trinajstić information content (AvgIpc) is 3.59. The first-order chi connectivity index (χ1) is 24.0. The number of nitrogens with one attached hydrogen (secondary N) is 2. The summed E-state index contributed by atoms with van der Waals surface area (Å²) < 4.78 is 19.3. The summed E-state index contributed by atoms with van der Waals surface area (Å²) in [5, 5.41) is 21.5. The molecule has 1 aliphatic heterocycles. The molecule has 2 heterocycles. The van der Waals surface area contributed by atoms with Crippen molar-refractivity contribution in [2.45, 2.75) is 56.0 Å². The first kappa shape index (κ1) is 34.1. The van der Waals surface area contributed by atoms with E-state index in [1.807, 2.05) is 97.1 Å². The standard InChI is InChI=1S/C38H37N3O7S/c42-23-25-14-16-26(17-15-25)32-22-31(46-37(47-32)29-18-20-30(21-19-29)39-33(43)12-7-13-34(44)41-45)24-49-38-40-35(27-8-3-1-4-9-27)36(48-38)28-10-5-2-6-11-28/h1-6,8-11,14-21,31-32,37,42,45H,7,12-13,22-24H2,(H,39,43)(H,41,44). The van der Waals surface area contributed by atoms with Gasteiger partial charge in [-0.2, -0.15) is 0 Å². The molecule has 252 valence electrons. The van der Waals surface area contributed by atoms with Crippen LogP contribution >= 0.6 is 11.8 Å². The van der Waals surface area contributed by atoms with Crippen molar-refractivity contribution in [3.8, 4) is 22.6 Å². The van der Waals surface area contributed by atoms with Gasteiger partial charge >= 0.3 is 0 Å². The largest absolute Gasteiger partial charge is 0.431 e. The van der Waals surface area contributed by atoms with E-state index in [1.165, 1.54) is 11.8 Å². The van der Waals surface area contributed by atoms with Crippen LogP contribution in [0.2, 0.25) is 0 Å². The van der Waals surface area contributed by atoms with Gasteiger partial charge < -0.3 is 24.3 Å². The minimum absolute atomic E-state index is 0.0379. The number of benzene rings is 4. The van der Waals surface area contributed by atoms with E-state index in [9.17, 15) is 14.7 Å². The zero-order valence-corrected chi connectivity index (χ0v) is 27.5. The van der Waals surface area contributed by atoms with Crippen LogP contribution in [-0.4, -0.2) is 39.0 Å². The van der Waals surface area contributed by atoms with Gasteiger partial charge in [-0.1, -0.05) is 109 Å². The number of carbonyl (C=O) groups excluding carboxylic acids is 2. The number of ether oxygens (including phenoxy) is 2. The number of aromatic nitrogens is 1. The molecule has 1 fully saturated rings. The lowest BCUT2D eigenvalue weighted by molar-refractivity contribution is -0.245. The number of aliphatic hydroxyl groups is 1. The molecule has 3 atom stereocenters. The Kier molecular flexibility index (Phi) is 11.5. The monoisotopic (exact) mass is 679 g/mol. The number of carbonyl (C=O) groups is 2. The lowest BCUT2D eigenvalue weighted by atomic mass is 10.0. The van der Waals surface area contributed by atoms with Crippen molar-refractivity contribution in [1.82, 2.24) is 10.5 Å². The van der Waals surface area contributed by atoms with E-state index in [0.717, 1.165) is 33.5 Å². The van der Waals surface area contributed by atoms with Crippen molar-refractivity contribution >= 4 is 29.3 Å². The summed E-state index contributed by atoms with van der Waals surface area (Å²) in [6.45, 7) is -0.0379. The van der Waals surface area contributed by atoms with Crippen molar-refractivity contribution in [3.05, 3.63) is 126 Å². The predicted molar refractivity (Wildman–Crippen MR) is 185 cm³/mol. The molecule has 2 amide bonds. The Balaban J connectivity index is 1.18. The molecule has 3 unspecified atom stereocenters. The van der Waals surface area contributed by atoms with Crippen LogP contribution in [0.1, 0.15) is 54.8 Å². The van der Waals surface area contributed by atoms with Crippen LogP contribution in [-0.2, 0) is 25.7 Å². The van der Waals surface area contributed by atoms with Gasteiger partial charge in [-0.05, 0) is 29.7 Å². The molecule has 4 N–H and O–H groups in total. The molecule has 4 aromatic carbocycles. The molecule has 49 heavy (non-hydrogen) atoms. The minimum Gasteiger partial charge on any atom is -0.431 e. The number of thioether (sulfide) groups is 1. The number of hydroxylamine groups is 1. The van der Waals surface area contributed by atoms with Gasteiger partial charge in [0.2, 0.25) is 11.8 Å². The van der Waals surface area contributed by atoms with E-state index in [1.54, 1.807) is 17.6 Å². The van der Waals surface area contributed by atoms with Crippen LogP contribution < -0.4 is 10.8 Å².